The van der Waals surface area contributed by atoms with Gasteiger partial charge in [-0.15, -0.1) is 0 Å². The molecule has 1 aliphatic rings. The minimum atomic E-state index is -0.0771. The summed E-state index contributed by atoms with van der Waals surface area (Å²) in [5.74, 6) is 1.05. The van der Waals surface area contributed by atoms with Gasteiger partial charge in [0.1, 0.15) is 0 Å². The number of hydrogen-bond donors (Lipinski definition) is 0. The number of benzene rings is 2. The number of rotatable bonds is 5. The van der Waals surface area contributed by atoms with Crippen LogP contribution in [0.4, 0.5) is 0 Å². The van der Waals surface area contributed by atoms with E-state index in [-0.39, 0.29) is 26.8 Å². The van der Waals surface area contributed by atoms with Gasteiger partial charge in [-0.3, -0.25) is 0 Å². The Balaban J connectivity index is 1.66. The first-order valence-electron chi connectivity index (χ1n) is 8.29. The summed E-state index contributed by atoms with van der Waals surface area (Å²) >= 11 is -0.0771. The van der Waals surface area contributed by atoms with Gasteiger partial charge in [0, 0.05) is 0 Å². The van der Waals surface area contributed by atoms with Crippen LogP contribution in [-0.2, 0) is 0 Å². The first-order chi connectivity index (χ1) is 10.8. The van der Waals surface area contributed by atoms with Crippen molar-refractivity contribution in [2.45, 2.75) is 51.0 Å². The van der Waals surface area contributed by atoms with E-state index < -0.39 is 0 Å². The van der Waals surface area contributed by atoms with Crippen LogP contribution in [0.15, 0.2) is 54.6 Å². The summed E-state index contributed by atoms with van der Waals surface area (Å²) in [7, 11) is 0. The van der Waals surface area contributed by atoms with Gasteiger partial charge in [0.2, 0.25) is 0 Å². The molecule has 2 aromatic rings. The van der Waals surface area contributed by atoms with Crippen LogP contribution in [0.2, 0.25) is 0 Å². The second kappa shape index (κ2) is 7.49. The van der Waals surface area contributed by atoms with Crippen molar-refractivity contribution < 1.29 is 25.9 Å². The minimum absolute atomic E-state index is 0.0771. The van der Waals surface area contributed by atoms with E-state index in [1.54, 1.807) is 0 Å². The maximum absolute atomic E-state index is 6.41. The molecule has 0 unspecified atom stereocenters. The summed E-state index contributed by atoms with van der Waals surface area (Å²) in [5, 5.41) is 0. The van der Waals surface area contributed by atoms with Gasteiger partial charge in [-0.2, -0.15) is 0 Å². The Kier molecular flexibility index (Phi) is 5.40. The van der Waals surface area contributed by atoms with Crippen LogP contribution >= 0.6 is 0 Å². The number of hydrogen-bond acceptors (Lipinski definition) is 1. The van der Waals surface area contributed by atoms with E-state index in [2.05, 4.69) is 61.5 Å². The molecule has 0 atom stereocenters. The van der Waals surface area contributed by atoms with Gasteiger partial charge in [0.05, 0.1) is 0 Å². The molecule has 0 amide bonds. The molecule has 1 aliphatic carbocycles. The maximum atomic E-state index is 6.41. The summed E-state index contributed by atoms with van der Waals surface area (Å²) < 4.78 is 9.33. The molecular formula is C20H24IO-. The van der Waals surface area contributed by atoms with Crippen LogP contribution in [0.3, 0.4) is 0 Å². The summed E-state index contributed by atoms with van der Waals surface area (Å²) in [6.07, 6.45) is 7.53. The Morgan fingerprint density at radius 2 is 1.50 bits per heavy atom. The molecule has 1 nitrogen and oxygen atoms in total. The SMILES string of the molecule is CCC1(Oc2ccc([I-]c3ccccc3)cc2)CCCCC1. The van der Waals surface area contributed by atoms with Crippen LogP contribution < -0.4 is 25.9 Å². The summed E-state index contributed by atoms with van der Waals surface area (Å²) in [5.41, 5.74) is 0.0915. The molecule has 118 valence electrons. The molecule has 2 heteroatoms. The van der Waals surface area contributed by atoms with Gasteiger partial charge in [-0.05, 0) is 0 Å². The van der Waals surface area contributed by atoms with Crippen LogP contribution in [0.25, 0.3) is 0 Å². The standard InChI is InChI=1S/C20H24IO/c1-2-20(15-7-4-8-16-20)22-19-13-11-18(12-14-19)21-17-9-5-3-6-10-17/h3,5-6,9-14H,2,4,7-8,15-16H2,1H3/q-1. The fourth-order valence-corrected chi connectivity index (χ4v) is 5.36. The fourth-order valence-electron chi connectivity index (χ4n) is 3.14. The van der Waals surface area contributed by atoms with Gasteiger partial charge in [-0.25, -0.2) is 0 Å². The molecular weight excluding hydrogens is 383 g/mol. The van der Waals surface area contributed by atoms with Crippen molar-refractivity contribution in [3.05, 3.63) is 61.7 Å². The van der Waals surface area contributed by atoms with Crippen molar-refractivity contribution >= 4 is 0 Å². The van der Waals surface area contributed by atoms with Crippen molar-refractivity contribution in [2.75, 3.05) is 0 Å². The van der Waals surface area contributed by atoms with Crippen LogP contribution in [-0.4, -0.2) is 5.60 Å². The zero-order valence-electron chi connectivity index (χ0n) is 13.2. The van der Waals surface area contributed by atoms with Crippen LogP contribution in [0, 0.1) is 7.14 Å². The van der Waals surface area contributed by atoms with Crippen molar-refractivity contribution in [3.8, 4) is 5.75 Å². The van der Waals surface area contributed by atoms with Gasteiger partial charge >= 0.3 is 144 Å². The summed E-state index contributed by atoms with van der Waals surface area (Å²) in [4.78, 5) is 0. The fraction of sp³-hybridized carbons (Fsp3) is 0.400. The predicted molar refractivity (Wildman–Crippen MR) is 87.0 cm³/mol. The second-order valence-electron chi connectivity index (χ2n) is 6.04. The third-order valence-corrected chi connectivity index (χ3v) is 7.19. The molecule has 0 spiro atoms. The third kappa shape index (κ3) is 4.03. The zero-order valence-corrected chi connectivity index (χ0v) is 15.4. The van der Waals surface area contributed by atoms with Gasteiger partial charge in [-0.1, -0.05) is 0 Å². The molecule has 0 radical (unpaired) electrons. The first-order valence-corrected chi connectivity index (χ1v) is 10.4. The summed E-state index contributed by atoms with van der Waals surface area (Å²) in [6, 6.07) is 19.6. The van der Waals surface area contributed by atoms with Gasteiger partial charge in [0.15, 0.2) is 0 Å². The quantitative estimate of drug-likeness (QED) is 0.692. The third-order valence-electron chi connectivity index (χ3n) is 4.51. The normalized spacial score (nSPS) is 17.3. The Morgan fingerprint density at radius 3 is 2.14 bits per heavy atom. The van der Waals surface area contributed by atoms with E-state index >= 15 is 0 Å². The van der Waals surface area contributed by atoms with Gasteiger partial charge < -0.3 is 0 Å². The molecule has 0 bridgehead atoms. The monoisotopic (exact) mass is 407 g/mol. The molecule has 3 rings (SSSR count). The molecule has 0 N–H and O–H groups in total. The van der Waals surface area contributed by atoms with Crippen LogP contribution in [0.1, 0.15) is 45.4 Å². The molecule has 1 fully saturated rings. The molecule has 1 saturated carbocycles. The van der Waals surface area contributed by atoms with Gasteiger partial charge in [0.25, 0.3) is 0 Å². The van der Waals surface area contributed by atoms with E-state index in [9.17, 15) is 0 Å². The zero-order chi connectivity index (χ0) is 15.3. The van der Waals surface area contributed by atoms with E-state index in [0.29, 0.717) is 0 Å². The Labute approximate surface area is 144 Å². The molecule has 22 heavy (non-hydrogen) atoms. The van der Waals surface area contributed by atoms with Crippen molar-refractivity contribution in [2.24, 2.45) is 0 Å². The van der Waals surface area contributed by atoms with E-state index in [1.165, 1.54) is 39.2 Å². The summed E-state index contributed by atoms with van der Waals surface area (Å²) in [6.45, 7) is 2.26. The molecule has 0 saturated heterocycles. The molecule has 0 aliphatic heterocycles. The second-order valence-corrected chi connectivity index (χ2v) is 9.07. The number of ether oxygens (including phenoxy) is 1. The average molecular weight is 407 g/mol. The molecule has 0 aromatic heterocycles. The topological polar surface area (TPSA) is 9.23 Å². The Morgan fingerprint density at radius 1 is 0.864 bits per heavy atom. The Hall–Kier alpha value is -1.03. The first kappa shape index (κ1) is 15.9. The van der Waals surface area contributed by atoms with E-state index in [0.717, 1.165) is 12.2 Å². The average Bonchev–Trinajstić information content (AvgIpc) is 2.58. The number of halogens is 1. The van der Waals surface area contributed by atoms with E-state index in [4.69, 9.17) is 4.74 Å². The van der Waals surface area contributed by atoms with Crippen LogP contribution in [0.5, 0.6) is 5.75 Å². The van der Waals surface area contributed by atoms with Crippen molar-refractivity contribution in [1.82, 2.24) is 0 Å². The van der Waals surface area contributed by atoms with E-state index in [1.807, 2.05) is 0 Å². The molecule has 0 heterocycles. The Bertz CT molecular complexity index is 570. The molecule has 2 aromatic carbocycles. The predicted octanol–water partition coefficient (Wildman–Crippen LogP) is 2.31. The van der Waals surface area contributed by atoms with Crippen molar-refractivity contribution in [3.63, 3.8) is 0 Å². The van der Waals surface area contributed by atoms with Crippen molar-refractivity contribution in [1.29, 1.82) is 0 Å².